The Morgan fingerprint density at radius 3 is 2.69 bits per heavy atom. The first-order valence-corrected chi connectivity index (χ1v) is 10.5. The molecule has 2 aromatic rings. The molecule has 0 aliphatic carbocycles. The van der Waals surface area contributed by atoms with Crippen molar-refractivity contribution in [3.8, 4) is 17.1 Å². The minimum Gasteiger partial charge on any atom is -0.491 e. The third-order valence-electron chi connectivity index (χ3n) is 5.96. The van der Waals surface area contributed by atoms with Crippen LogP contribution in [0.3, 0.4) is 0 Å². The van der Waals surface area contributed by atoms with Crippen LogP contribution < -0.4 is 15.4 Å². The Hall–Kier alpha value is -3.01. The third-order valence-corrected chi connectivity index (χ3v) is 5.96. The highest BCUT2D eigenvalue weighted by molar-refractivity contribution is 5.91. The molecule has 1 aromatic carbocycles. The maximum atomic E-state index is 13.9. The van der Waals surface area contributed by atoms with Gasteiger partial charge in [0.2, 0.25) is 11.8 Å². The average Bonchev–Trinajstić information content (AvgIpc) is 3.01. The number of fused-ring (bicyclic) bond motifs is 3. The van der Waals surface area contributed by atoms with Crippen LogP contribution >= 0.6 is 0 Å². The van der Waals surface area contributed by atoms with Gasteiger partial charge < -0.3 is 19.8 Å². The lowest BCUT2D eigenvalue weighted by Crippen LogP contribution is -2.54. The molecule has 0 spiro atoms. The van der Waals surface area contributed by atoms with Crippen LogP contribution in [0.25, 0.3) is 11.4 Å². The quantitative estimate of drug-likeness (QED) is 0.700. The summed E-state index contributed by atoms with van der Waals surface area (Å²) in [5, 5.41) is 0. The number of nitrogens with zero attached hydrogens (tertiary/aromatic N) is 3. The van der Waals surface area contributed by atoms with Crippen LogP contribution in [-0.2, 0) is 27.3 Å². The van der Waals surface area contributed by atoms with E-state index in [1.165, 1.54) is 6.92 Å². The average molecular weight is 448 g/mol. The summed E-state index contributed by atoms with van der Waals surface area (Å²) in [6, 6.07) is 4.24. The lowest BCUT2D eigenvalue weighted by atomic mass is 9.96. The Bertz CT molecular complexity index is 1020. The van der Waals surface area contributed by atoms with E-state index in [-0.39, 0.29) is 30.9 Å². The number of alkyl halides is 2. The van der Waals surface area contributed by atoms with E-state index in [2.05, 4.69) is 4.98 Å². The molecular weight excluding hydrogens is 422 g/mol. The van der Waals surface area contributed by atoms with Crippen LogP contribution in [0.1, 0.15) is 19.4 Å². The lowest BCUT2D eigenvalue weighted by Gasteiger charge is -2.38. The van der Waals surface area contributed by atoms with Gasteiger partial charge in [-0.3, -0.25) is 14.5 Å². The summed E-state index contributed by atoms with van der Waals surface area (Å²) in [6.07, 6.45) is -0.629. The van der Waals surface area contributed by atoms with Crippen molar-refractivity contribution < 1.29 is 27.8 Å². The first-order chi connectivity index (χ1) is 15.3. The fourth-order valence-corrected chi connectivity index (χ4v) is 4.11. The van der Waals surface area contributed by atoms with Crippen molar-refractivity contribution in [2.75, 3.05) is 24.7 Å². The predicted octanol–water partition coefficient (Wildman–Crippen LogP) is 2.24. The third kappa shape index (κ3) is 4.19. The van der Waals surface area contributed by atoms with Gasteiger partial charge in [0.25, 0.3) is 6.43 Å². The number of anilines is 1. The van der Waals surface area contributed by atoms with Gasteiger partial charge in [-0.25, -0.2) is 13.8 Å². The summed E-state index contributed by atoms with van der Waals surface area (Å²) < 4.78 is 40.6. The molecule has 0 bridgehead atoms. The van der Waals surface area contributed by atoms with Crippen LogP contribution in [0.4, 0.5) is 14.6 Å². The molecule has 0 radical (unpaired) electrons. The van der Waals surface area contributed by atoms with Crippen LogP contribution in [0, 0.1) is 11.8 Å². The Morgan fingerprint density at radius 2 is 2.09 bits per heavy atom. The largest absolute Gasteiger partial charge is 0.491 e. The van der Waals surface area contributed by atoms with Crippen LogP contribution in [0.2, 0.25) is 0 Å². The fourth-order valence-electron chi connectivity index (χ4n) is 4.11. The smallest absolute Gasteiger partial charge is 0.259 e. The van der Waals surface area contributed by atoms with Gasteiger partial charge in [0.15, 0.2) is 5.82 Å². The lowest BCUT2D eigenvalue weighted by molar-refractivity contribution is -0.122. The van der Waals surface area contributed by atoms with E-state index < -0.39 is 24.3 Å². The monoisotopic (exact) mass is 448 g/mol. The second-order valence-electron chi connectivity index (χ2n) is 8.31. The van der Waals surface area contributed by atoms with Crippen molar-refractivity contribution in [3.63, 3.8) is 0 Å². The van der Waals surface area contributed by atoms with Gasteiger partial charge >= 0.3 is 0 Å². The molecule has 4 rings (SSSR count). The van der Waals surface area contributed by atoms with Crippen molar-refractivity contribution in [1.29, 1.82) is 0 Å². The van der Waals surface area contributed by atoms with Gasteiger partial charge in [0.1, 0.15) is 24.2 Å². The van der Waals surface area contributed by atoms with E-state index in [0.717, 1.165) is 10.5 Å². The number of nitrogens with two attached hydrogens (primary N) is 1. The number of hydrogen-bond acceptors (Lipinski definition) is 5. The summed E-state index contributed by atoms with van der Waals surface area (Å²) in [5.74, 6) is -0.333. The number of aromatic nitrogens is 2. The van der Waals surface area contributed by atoms with Crippen LogP contribution in [0.5, 0.6) is 5.75 Å². The zero-order valence-electron chi connectivity index (χ0n) is 18.0. The number of hydrogen-bond donors (Lipinski definition) is 1. The second-order valence-corrected chi connectivity index (χ2v) is 8.31. The van der Waals surface area contributed by atoms with Crippen LogP contribution in [0.15, 0.2) is 24.4 Å². The minimum atomic E-state index is -2.72. The number of amides is 2. The molecule has 2 atom stereocenters. The molecule has 2 amide bonds. The number of carbonyl (C=O) groups excluding carboxylic acids is 2. The fraction of sp³-hybridized carbons (Fsp3) is 0.500. The number of carbonyl (C=O) groups is 2. The van der Waals surface area contributed by atoms with Crippen molar-refractivity contribution in [3.05, 3.63) is 30.0 Å². The number of imidazole rings is 1. The SMILES string of the molecule is CC(=O)N(c1cn2c(n1)-c1ccc(C[C@@H](C)C(N)=O)cc1OCC2)[C@H](C(F)F)C1COC1. The van der Waals surface area contributed by atoms with Gasteiger partial charge in [0.05, 0.1) is 25.3 Å². The number of ether oxygens (including phenoxy) is 2. The Morgan fingerprint density at radius 1 is 1.34 bits per heavy atom. The number of benzene rings is 1. The zero-order valence-corrected chi connectivity index (χ0v) is 18.0. The molecule has 10 heteroatoms. The maximum absolute atomic E-state index is 13.9. The summed E-state index contributed by atoms with van der Waals surface area (Å²) in [7, 11) is 0. The molecule has 172 valence electrons. The van der Waals surface area contributed by atoms with Crippen molar-refractivity contribution in [2.24, 2.45) is 17.6 Å². The van der Waals surface area contributed by atoms with Gasteiger partial charge in [0, 0.05) is 25.0 Å². The summed E-state index contributed by atoms with van der Waals surface area (Å²) in [4.78, 5) is 29.5. The van der Waals surface area contributed by atoms with E-state index >= 15 is 0 Å². The molecule has 0 saturated carbocycles. The standard InChI is InChI=1S/C22H26F2N4O4/c1-12(21(25)30)7-14-3-4-16-17(8-14)32-6-5-27-9-18(26-22(16)27)28(13(2)29)19(20(23)24)15-10-31-11-15/h3-4,8-9,12,15,19-20H,5-7,10-11H2,1-2H3,(H2,25,30)/t12-,19+/m1/s1. The number of halogens is 2. The normalized spacial score (nSPS) is 17.4. The molecule has 3 heterocycles. The van der Waals surface area contributed by atoms with Gasteiger partial charge in [-0.05, 0) is 24.1 Å². The topological polar surface area (TPSA) is 99.7 Å². The molecule has 1 saturated heterocycles. The van der Waals surface area contributed by atoms with Crippen molar-refractivity contribution in [2.45, 2.75) is 39.3 Å². The summed E-state index contributed by atoms with van der Waals surface area (Å²) in [6.45, 7) is 4.20. The molecule has 32 heavy (non-hydrogen) atoms. The Labute approximate surface area is 184 Å². The van der Waals surface area contributed by atoms with Crippen LogP contribution in [-0.4, -0.2) is 53.7 Å². The highest BCUT2D eigenvalue weighted by atomic mass is 19.3. The highest BCUT2D eigenvalue weighted by Crippen LogP contribution is 2.36. The first kappa shape index (κ1) is 22.2. The Balaban J connectivity index is 1.69. The van der Waals surface area contributed by atoms with E-state index in [1.807, 2.05) is 22.8 Å². The molecule has 2 aliphatic rings. The number of primary amides is 1. The molecule has 2 N–H and O–H groups in total. The van der Waals surface area contributed by atoms with Crippen molar-refractivity contribution in [1.82, 2.24) is 9.55 Å². The zero-order chi connectivity index (χ0) is 23.0. The molecule has 1 fully saturated rings. The van der Waals surface area contributed by atoms with Gasteiger partial charge in [-0.2, -0.15) is 0 Å². The van der Waals surface area contributed by atoms with E-state index in [1.54, 1.807) is 13.1 Å². The number of rotatable bonds is 7. The van der Waals surface area contributed by atoms with E-state index in [9.17, 15) is 18.4 Å². The second kappa shape index (κ2) is 8.85. The van der Waals surface area contributed by atoms with E-state index in [4.69, 9.17) is 15.2 Å². The molecule has 0 unspecified atom stereocenters. The molecule has 8 nitrogen and oxygen atoms in total. The maximum Gasteiger partial charge on any atom is 0.259 e. The summed E-state index contributed by atoms with van der Waals surface area (Å²) in [5.41, 5.74) is 6.95. The summed E-state index contributed by atoms with van der Waals surface area (Å²) >= 11 is 0. The first-order valence-electron chi connectivity index (χ1n) is 10.5. The minimum absolute atomic E-state index is 0.184. The van der Waals surface area contributed by atoms with Crippen molar-refractivity contribution >= 4 is 17.6 Å². The molecule has 1 aromatic heterocycles. The molecule has 2 aliphatic heterocycles. The molecular formula is C22H26F2N4O4. The van der Waals surface area contributed by atoms with E-state index in [0.29, 0.717) is 36.7 Å². The van der Waals surface area contributed by atoms with Gasteiger partial charge in [-0.1, -0.05) is 13.0 Å². The van der Waals surface area contributed by atoms with Gasteiger partial charge in [-0.15, -0.1) is 0 Å². The highest BCUT2D eigenvalue weighted by Gasteiger charge is 2.42. The predicted molar refractivity (Wildman–Crippen MR) is 112 cm³/mol. The Kier molecular flexibility index (Phi) is 6.14.